The van der Waals surface area contributed by atoms with E-state index in [0.717, 1.165) is 24.8 Å². The number of halogens is 1. The van der Waals surface area contributed by atoms with Gasteiger partial charge in [-0.25, -0.2) is 4.39 Å². The van der Waals surface area contributed by atoms with E-state index in [2.05, 4.69) is 18.8 Å². The number of nitrogens with zero attached hydrogens (tertiary/aromatic N) is 1. The standard InChI is InChI=1S/C12H19FN2/c1-3-4-9(2)5-12(14)10-6-11(13)8-15-7-10/h6-9,12H,3-5,14H2,1-2H3. The van der Waals surface area contributed by atoms with Gasteiger partial charge in [0.1, 0.15) is 5.82 Å². The van der Waals surface area contributed by atoms with Crippen LogP contribution in [-0.2, 0) is 0 Å². The number of aromatic nitrogens is 1. The molecule has 0 bridgehead atoms. The molecular weight excluding hydrogens is 191 g/mol. The highest BCUT2D eigenvalue weighted by molar-refractivity contribution is 5.14. The number of hydrogen-bond donors (Lipinski definition) is 1. The van der Waals surface area contributed by atoms with E-state index in [1.54, 1.807) is 6.20 Å². The molecule has 0 aliphatic carbocycles. The fourth-order valence-corrected chi connectivity index (χ4v) is 1.81. The van der Waals surface area contributed by atoms with E-state index in [0.29, 0.717) is 5.92 Å². The van der Waals surface area contributed by atoms with E-state index < -0.39 is 0 Å². The van der Waals surface area contributed by atoms with Gasteiger partial charge in [0.25, 0.3) is 0 Å². The molecule has 3 heteroatoms. The van der Waals surface area contributed by atoms with Crippen LogP contribution in [0.3, 0.4) is 0 Å². The molecule has 1 rings (SSSR count). The first-order valence-corrected chi connectivity index (χ1v) is 5.49. The average molecular weight is 210 g/mol. The first-order chi connectivity index (χ1) is 7.13. The van der Waals surface area contributed by atoms with Gasteiger partial charge in [0.05, 0.1) is 6.20 Å². The van der Waals surface area contributed by atoms with Gasteiger partial charge < -0.3 is 5.73 Å². The second-order valence-corrected chi connectivity index (χ2v) is 4.17. The van der Waals surface area contributed by atoms with Crippen LogP contribution >= 0.6 is 0 Å². The molecule has 0 saturated carbocycles. The Hall–Kier alpha value is -0.960. The third kappa shape index (κ3) is 3.96. The molecule has 2 nitrogen and oxygen atoms in total. The van der Waals surface area contributed by atoms with Crippen molar-refractivity contribution in [1.82, 2.24) is 4.98 Å². The molecule has 2 atom stereocenters. The second kappa shape index (κ2) is 5.81. The lowest BCUT2D eigenvalue weighted by atomic mass is 9.94. The van der Waals surface area contributed by atoms with Gasteiger partial charge in [-0.2, -0.15) is 0 Å². The quantitative estimate of drug-likeness (QED) is 0.811. The van der Waals surface area contributed by atoms with Crippen LogP contribution in [0.15, 0.2) is 18.5 Å². The van der Waals surface area contributed by atoms with Crippen LogP contribution in [0.25, 0.3) is 0 Å². The highest BCUT2D eigenvalue weighted by Crippen LogP contribution is 2.21. The summed E-state index contributed by atoms with van der Waals surface area (Å²) < 4.78 is 12.9. The maximum atomic E-state index is 12.9. The minimum Gasteiger partial charge on any atom is -0.324 e. The SMILES string of the molecule is CCCC(C)CC(N)c1cncc(F)c1. The van der Waals surface area contributed by atoms with Crippen molar-refractivity contribution in [2.45, 2.75) is 39.2 Å². The predicted octanol–water partition coefficient (Wildman–Crippen LogP) is 3.05. The van der Waals surface area contributed by atoms with Gasteiger partial charge in [0.15, 0.2) is 0 Å². The summed E-state index contributed by atoms with van der Waals surface area (Å²) in [5.74, 6) is 0.263. The van der Waals surface area contributed by atoms with Gasteiger partial charge in [-0.1, -0.05) is 26.7 Å². The summed E-state index contributed by atoms with van der Waals surface area (Å²) in [5.41, 5.74) is 6.78. The predicted molar refractivity (Wildman–Crippen MR) is 59.8 cm³/mol. The molecule has 2 N–H and O–H groups in total. The topological polar surface area (TPSA) is 38.9 Å². The largest absolute Gasteiger partial charge is 0.324 e. The van der Waals surface area contributed by atoms with Crippen molar-refractivity contribution in [2.75, 3.05) is 0 Å². The van der Waals surface area contributed by atoms with E-state index in [-0.39, 0.29) is 11.9 Å². The lowest BCUT2D eigenvalue weighted by molar-refractivity contribution is 0.438. The zero-order chi connectivity index (χ0) is 11.3. The highest BCUT2D eigenvalue weighted by atomic mass is 19.1. The van der Waals surface area contributed by atoms with Crippen molar-refractivity contribution < 1.29 is 4.39 Å². The zero-order valence-electron chi connectivity index (χ0n) is 9.41. The van der Waals surface area contributed by atoms with E-state index in [9.17, 15) is 4.39 Å². The highest BCUT2D eigenvalue weighted by Gasteiger charge is 2.11. The van der Waals surface area contributed by atoms with Crippen LogP contribution < -0.4 is 5.73 Å². The van der Waals surface area contributed by atoms with Crippen LogP contribution in [0.5, 0.6) is 0 Å². The Labute approximate surface area is 90.7 Å². The molecule has 0 fully saturated rings. The molecule has 15 heavy (non-hydrogen) atoms. The van der Waals surface area contributed by atoms with Crippen LogP contribution in [-0.4, -0.2) is 4.98 Å². The summed E-state index contributed by atoms with van der Waals surface area (Å²) in [6, 6.07) is 1.37. The minimum atomic E-state index is -0.314. The van der Waals surface area contributed by atoms with Crippen LogP contribution in [0.4, 0.5) is 4.39 Å². The summed E-state index contributed by atoms with van der Waals surface area (Å²) >= 11 is 0. The fourth-order valence-electron chi connectivity index (χ4n) is 1.81. The Morgan fingerprint density at radius 2 is 2.20 bits per heavy atom. The number of hydrogen-bond acceptors (Lipinski definition) is 2. The van der Waals surface area contributed by atoms with Crippen LogP contribution in [0.1, 0.15) is 44.7 Å². The van der Waals surface area contributed by atoms with Gasteiger partial charge in [0.2, 0.25) is 0 Å². The first-order valence-electron chi connectivity index (χ1n) is 5.49. The Balaban J connectivity index is 2.56. The number of rotatable bonds is 5. The van der Waals surface area contributed by atoms with Crippen molar-refractivity contribution in [3.05, 3.63) is 29.8 Å². The molecule has 1 aromatic heterocycles. The van der Waals surface area contributed by atoms with Gasteiger partial charge in [-0.15, -0.1) is 0 Å². The van der Waals surface area contributed by atoms with E-state index in [1.807, 2.05) is 0 Å². The second-order valence-electron chi connectivity index (χ2n) is 4.17. The Morgan fingerprint density at radius 3 is 2.80 bits per heavy atom. The van der Waals surface area contributed by atoms with Crippen LogP contribution in [0, 0.1) is 11.7 Å². The molecule has 0 spiro atoms. The van der Waals surface area contributed by atoms with E-state index in [1.165, 1.54) is 12.3 Å². The average Bonchev–Trinajstić information content (AvgIpc) is 2.18. The Kier molecular flexibility index (Phi) is 4.69. The Bertz CT molecular complexity index is 301. The van der Waals surface area contributed by atoms with E-state index >= 15 is 0 Å². The number of pyridine rings is 1. The molecule has 1 aromatic rings. The minimum absolute atomic E-state index is 0.102. The van der Waals surface area contributed by atoms with Gasteiger partial charge in [0, 0.05) is 12.2 Å². The third-order valence-electron chi connectivity index (χ3n) is 2.59. The van der Waals surface area contributed by atoms with Crippen molar-refractivity contribution in [1.29, 1.82) is 0 Å². The lowest BCUT2D eigenvalue weighted by Gasteiger charge is -2.16. The molecule has 2 unspecified atom stereocenters. The van der Waals surface area contributed by atoms with Gasteiger partial charge in [-0.3, -0.25) is 4.98 Å². The van der Waals surface area contributed by atoms with Crippen molar-refractivity contribution in [3.63, 3.8) is 0 Å². The smallest absolute Gasteiger partial charge is 0.141 e. The van der Waals surface area contributed by atoms with Gasteiger partial charge >= 0.3 is 0 Å². The van der Waals surface area contributed by atoms with Crippen LogP contribution in [0.2, 0.25) is 0 Å². The van der Waals surface area contributed by atoms with Gasteiger partial charge in [-0.05, 0) is 24.0 Å². The summed E-state index contributed by atoms with van der Waals surface area (Å²) in [6.45, 7) is 4.34. The molecule has 0 amide bonds. The third-order valence-corrected chi connectivity index (χ3v) is 2.59. The first kappa shape index (κ1) is 12.1. The van der Waals surface area contributed by atoms with Crippen molar-refractivity contribution in [2.24, 2.45) is 11.7 Å². The van der Waals surface area contributed by atoms with Crippen molar-refractivity contribution >= 4 is 0 Å². The molecular formula is C12H19FN2. The maximum Gasteiger partial charge on any atom is 0.141 e. The molecule has 0 radical (unpaired) electrons. The molecule has 0 aliphatic heterocycles. The summed E-state index contributed by atoms with van der Waals surface area (Å²) in [7, 11) is 0. The molecule has 1 heterocycles. The zero-order valence-corrected chi connectivity index (χ0v) is 9.41. The van der Waals surface area contributed by atoms with E-state index in [4.69, 9.17) is 5.73 Å². The summed E-state index contributed by atoms with van der Waals surface area (Å²) in [5, 5.41) is 0. The normalized spacial score (nSPS) is 14.9. The lowest BCUT2D eigenvalue weighted by Crippen LogP contribution is -2.14. The monoisotopic (exact) mass is 210 g/mol. The number of nitrogens with two attached hydrogens (primary N) is 1. The molecule has 84 valence electrons. The fraction of sp³-hybridized carbons (Fsp3) is 0.583. The molecule has 0 aliphatic rings. The summed E-state index contributed by atoms with van der Waals surface area (Å²) in [4.78, 5) is 3.80. The summed E-state index contributed by atoms with van der Waals surface area (Å²) in [6.07, 6.45) is 6.06. The molecule has 0 aromatic carbocycles. The Morgan fingerprint density at radius 1 is 1.47 bits per heavy atom. The molecule has 0 saturated heterocycles. The maximum absolute atomic E-state index is 12.9. The van der Waals surface area contributed by atoms with Crippen molar-refractivity contribution in [3.8, 4) is 0 Å².